The van der Waals surface area contributed by atoms with E-state index in [1.54, 1.807) is 0 Å². The molecule has 5 aromatic rings. The molecule has 0 aliphatic heterocycles. The molecule has 0 aliphatic rings. The highest BCUT2D eigenvalue weighted by atomic mass is 16.3. The van der Waals surface area contributed by atoms with Gasteiger partial charge in [-0.05, 0) is 34.4 Å². The molecule has 1 nitrogen and oxygen atoms in total. The summed E-state index contributed by atoms with van der Waals surface area (Å²) in [4.78, 5) is 0. The molecule has 0 unspecified atom stereocenters. The Balaban J connectivity index is 1.86. The van der Waals surface area contributed by atoms with E-state index >= 15 is 0 Å². The predicted molar refractivity (Wildman–Crippen MR) is 105 cm³/mol. The number of hydrogen-bond donors (Lipinski definition) is 0. The molecule has 0 fully saturated rings. The number of hydrogen-bond acceptors (Lipinski definition) is 1. The minimum atomic E-state index is 0.932. The highest BCUT2D eigenvalue weighted by molar-refractivity contribution is 6.13. The van der Waals surface area contributed by atoms with Crippen LogP contribution in [0.4, 0.5) is 0 Å². The molecule has 0 N–H and O–H groups in total. The van der Waals surface area contributed by atoms with Crippen LogP contribution in [0.25, 0.3) is 44.2 Å². The monoisotopic (exact) mass is 320 g/mol. The first-order chi connectivity index (χ1) is 12.4. The summed E-state index contributed by atoms with van der Waals surface area (Å²) in [5, 5.41) is 2.34. The van der Waals surface area contributed by atoms with Gasteiger partial charge in [-0.3, -0.25) is 0 Å². The molecule has 5 rings (SSSR count). The van der Waals surface area contributed by atoms with E-state index in [9.17, 15) is 0 Å². The van der Waals surface area contributed by atoms with Gasteiger partial charge in [0.25, 0.3) is 0 Å². The third-order valence-corrected chi connectivity index (χ3v) is 4.70. The summed E-state index contributed by atoms with van der Waals surface area (Å²) in [7, 11) is 0. The number of rotatable bonds is 2. The van der Waals surface area contributed by atoms with Gasteiger partial charge in [0.15, 0.2) is 0 Å². The zero-order valence-corrected chi connectivity index (χ0v) is 13.6. The number of fused-ring (bicyclic) bond motifs is 3. The van der Waals surface area contributed by atoms with E-state index in [4.69, 9.17) is 4.42 Å². The Morgan fingerprint density at radius 3 is 1.96 bits per heavy atom. The summed E-state index contributed by atoms with van der Waals surface area (Å²) < 4.78 is 6.06. The van der Waals surface area contributed by atoms with Crippen molar-refractivity contribution in [3.05, 3.63) is 97.1 Å². The molecule has 0 bridgehead atoms. The summed E-state index contributed by atoms with van der Waals surface area (Å²) in [6.45, 7) is 0. The van der Waals surface area contributed by atoms with Crippen LogP contribution in [-0.2, 0) is 0 Å². The van der Waals surface area contributed by atoms with E-state index in [1.807, 2.05) is 18.2 Å². The molecule has 1 heteroatoms. The van der Waals surface area contributed by atoms with Crippen LogP contribution in [0, 0.1) is 0 Å². The normalized spacial score (nSPS) is 11.2. The van der Waals surface area contributed by atoms with Gasteiger partial charge in [0.05, 0.1) is 0 Å². The first-order valence-electron chi connectivity index (χ1n) is 8.47. The maximum absolute atomic E-state index is 6.06. The number of benzene rings is 4. The van der Waals surface area contributed by atoms with Crippen LogP contribution in [0.3, 0.4) is 0 Å². The largest absolute Gasteiger partial charge is 0.456 e. The van der Waals surface area contributed by atoms with Crippen molar-refractivity contribution in [2.75, 3.05) is 0 Å². The van der Waals surface area contributed by atoms with Crippen molar-refractivity contribution in [1.82, 2.24) is 0 Å². The standard InChI is InChI=1S/C24H16O/c1-2-9-17(10-3-1)18-11-4-5-12-19(18)20-14-8-16-23-24(20)21-13-6-7-15-22(21)25-23/h1-16H. The molecule has 0 aliphatic carbocycles. The zero-order chi connectivity index (χ0) is 16.6. The molecule has 25 heavy (non-hydrogen) atoms. The van der Waals surface area contributed by atoms with E-state index in [0.717, 1.165) is 16.6 Å². The number of para-hydroxylation sites is 1. The lowest BCUT2D eigenvalue weighted by Gasteiger charge is -2.11. The Labute approximate surface area is 146 Å². The van der Waals surface area contributed by atoms with Crippen LogP contribution >= 0.6 is 0 Å². The van der Waals surface area contributed by atoms with Crippen LogP contribution in [0.1, 0.15) is 0 Å². The maximum Gasteiger partial charge on any atom is 0.136 e. The van der Waals surface area contributed by atoms with Gasteiger partial charge in [-0.1, -0.05) is 84.9 Å². The second-order valence-electron chi connectivity index (χ2n) is 6.19. The van der Waals surface area contributed by atoms with Gasteiger partial charge in [-0.2, -0.15) is 0 Å². The summed E-state index contributed by atoms with van der Waals surface area (Å²) in [5.74, 6) is 0. The van der Waals surface area contributed by atoms with Gasteiger partial charge in [0.1, 0.15) is 11.2 Å². The molecule has 118 valence electrons. The van der Waals surface area contributed by atoms with Crippen LogP contribution in [-0.4, -0.2) is 0 Å². The third kappa shape index (κ3) is 2.25. The van der Waals surface area contributed by atoms with Crippen molar-refractivity contribution in [1.29, 1.82) is 0 Å². The Morgan fingerprint density at radius 1 is 0.440 bits per heavy atom. The minimum absolute atomic E-state index is 0.932. The van der Waals surface area contributed by atoms with Crippen LogP contribution in [0.2, 0.25) is 0 Å². The van der Waals surface area contributed by atoms with Crippen LogP contribution in [0.15, 0.2) is 101 Å². The number of furan rings is 1. The fourth-order valence-corrected chi connectivity index (χ4v) is 3.59. The molecule has 0 spiro atoms. The molecular formula is C24H16O. The molecule has 1 heterocycles. The average Bonchev–Trinajstić information content (AvgIpc) is 3.07. The van der Waals surface area contributed by atoms with Crippen molar-refractivity contribution in [2.24, 2.45) is 0 Å². The van der Waals surface area contributed by atoms with Gasteiger partial charge in [-0.25, -0.2) is 0 Å². The van der Waals surface area contributed by atoms with E-state index in [0.29, 0.717) is 0 Å². The van der Waals surface area contributed by atoms with E-state index in [-0.39, 0.29) is 0 Å². The van der Waals surface area contributed by atoms with Gasteiger partial charge < -0.3 is 4.42 Å². The van der Waals surface area contributed by atoms with Gasteiger partial charge >= 0.3 is 0 Å². The highest BCUT2D eigenvalue weighted by Gasteiger charge is 2.14. The topological polar surface area (TPSA) is 13.1 Å². The van der Waals surface area contributed by atoms with E-state index < -0.39 is 0 Å². The van der Waals surface area contributed by atoms with Crippen LogP contribution < -0.4 is 0 Å². The third-order valence-electron chi connectivity index (χ3n) is 4.70. The second-order valence-corrected chi connectivity index (χ2v) is 6.19. The lowest BCUT2D eigenvalue weighted by atomic mass is 9.92. The second kappa shape index (κ2) is 5.64. The Bertz CT molecular complexity index is 1180. The first-order valence-corrected chi connectivity index (χ1v) is 8.47. The van der Waals surface area contributed by atoms with Crippen molar-refractivity contribution < 1.29 is 4.42 Å². The molecule has 1 aromatic heterocycles. The maximum atomic E-state index is 6.06. The fraction of sp³-hybridized carbons (Fsp3) is 0. The Kier molecular flexibility index (Phi) is 3.17. The fourth-order valence-electron chi connectivity index (χ4n) is 3.59. The molecule has 0 atom stereocenters. The smallest absolute Gasteiger partial charge is 0.136 e. The van der Waals surface area contributed by atoms with Crippen molar-refractivity contribution >= 4 is 21.9 Å². The van der Waals surface area contributed by atoms with Gasteiger partial charge in [0.2, 0.25) is 0 Å². The minimum Gasteiger partial charge on any atom is -0.456 e. The lowest BCUT2D eigenvalue weighted by molar-refractivity contribution is 0.669. The average molecular weight is 320 g/mol. The van der Waals surface area contributed by atoms with Gasteiger partial charge in [0, 0.05) is 10.8 Å². The van der Waals surface area contributed by atoms with E-state index in [1.165, 1.54) is 27.6 Å². The summed E-state index contributed by atoms with van der Waals surface area (Å²) in [6.07, 6.45) is 0. The molecule has 4 aromatic carbocycles. The van der Waals surface area contributed by atoms with E-state index in [2.05, 4.69) is 78.9 Å². The first kappa shape index (κ1) is 14.1. The Morgan fingerprint density at radius 2 is 1.08 bits per heavy atom. The molecular weight excluding hydrogens is 304 g/mol. The summed E-state index contributed by atoms with van der Waals surface area (Å²) >= 11 is 0. The zero-order valence-electron chi connectivity index (χ0n) is 13.6. The molecule has 0 amide bonds. The Hall–Kier alpha value is -3.32. The van der Waals surface area contributed by atoms with Crippen molar-refractivity contribution in [3.8, 4) is 22.3 Å². The highest BCUT2D eigenvalue weighted by Crippen LogP contribution is 2.40. The van der Waals surface area contributed by atoms with Gasteiger partial charge in [-0.15, -0.1) is 0 Å². The summed E-state index contributed by atoms with van der Waals surface area (Å²) in [5.41, 5.74) is 6.76. The molecule has 0 saturated carbocycles. The SMILES string of the molecule is c1ccc(-c2ccccc2-c2cccc3oc4ccccc4c23)cc1. The van der Waals surface area contributed by atoms with Crippen LogP contribution in [0.5, 0.6) is 0 Å². The van der Waals surface area contributed by atoms with Crippen molar-refractivity contribution in [3.63, 3.8) is 0 Å². The van der Waals surface area contributed by atoms with Crippen molar-refractivity contribution in [2.45, 2.75) is 0 Å². The lowest BCUT2D eigenvalue weighted by Crippen LogP contribution is -1.85. The predicted octanol–water partition coefficient (Wildman–Crippen LogP) is 6.92. The molecule has 0 radical (unpaired) electrons. The molecule has 0 saturated heterocycles. The summed E-state index contributed by atoms with van der Waals surface area (Å²) in [6, 6.07) is 33.7. The quantitative estimate of drug-likeness (QED) is 0.344.